The number of amides is 3. The predicted octanol–water partition coefficient (Wildman–Crippen LogP) is 3.99. The SMILES string of the molecule is CC(CCC(=O)NC=O)Oc1ccc(CC(=O)N2CCC(c3ccnc(N4C5CCC4CN(c4cc(-c6ccccc6O)nnc4N)C5)n3)CC2)c(F)c1. The fourth-order valence-corrected chi connectivity index (χ4v) is 7.81. The van der Waals surface area contributed by atoms with Crippen LogP contribution in [0.5, 0.6) is 11.5 Å². The highest BCUT2D eigenvalue weighted by Gasteiger charge is 2.42. The lowest BCUT2D eigenvalue weighted by molar-refractivity contribution is -0.131. The van der Waals surface area contributed by atoms with Crippen molar-refractivity contribution < 1.29 is 28.6 Å². The van der Waals surface area contributed by atoms with Gasteiger partial charge in [0.05, 0.1) is 23.9 Å². The molecule has 3 aliphatic heterocycles. The first-order valence-corrected chi connectivity index (χ1v) is 18.4. The van der Waals surface area contributed by atoms with Crippen molar-refractivity contribution in [3.63, 3.8) is 0 Å². The molecule has 0 spiro atoms. The van der Waals surface area contributed by atoms with Gasteiger partial charge in [-0.2, -0.15) is 0 Å². The molecule has 282 valence electrons. The van der Waals surface area contributed by atoms with Gasteiger partial charge in [0.1, 0.15) is 17.3 Å². The number of carbonyl (C=O) groups excluding carboxylic acids is 3. The molecule has 2 aromatic carbocycles. The molecule has 4 aromatic rings. The topological polar surface area (TPSA) is 180 Å². The Kier molecular flexibility index (Phi) is 10.8. The number of fused-ring (bicyclic) bond motifs is 2. The number of carbonyl (C=O) groups is 3. The van der Waals surface area contributed by atoms with Gasteiger partial charge in [-0.25, -0.2) is 14.4 Å². The van der Waals surface area contributed by atoms with Gasteiger partial charge in [-0.15, -0.1) is 10.2 Å². The van der Waals surface area contributed by atoms with Gasteiger partial charge >= 0.3 is 0 Å². The molecule has 2 bridgehead atoms. The zero-order valence-corrected chi connectivity index (χ0v) is 30.1. The van der Waals surface area contributed by atoms with Crippen molar-refractivity contribution >= 4 is 35.7 Å². The molecule has 7 rings (SSSR count). The number of nitrogen functional groups attached to an aromatic ring is 1. The van der Waals surface area contributed by atoms with Gasteiger partial charge < -0.3 is 30.3 Å². The van der Waals surface area contributed by atoms with Crippen LogP contribution in [0.2, 0.25) is 0 Å². The fraction of sp³-hybridized carbons (Fsp3) is 0.410. The number of nitrogens with zero attached hydrogens (tertiary/aromatic N) is 7. The Morgan fingerprint density at radius 1 is 1.06 bits per heavy atom. The third kappa shape index (κ3) is 8.04. The van der Waals surface area contributed by atoms with E-state index in [1.54, 1.807) is 42.2 Å². The fourth-order valence-electron chi connectivity index (χ4n) is 7.81. The maximum atomic E-state index is 15.0. The lowest BCUT2D eigenvalue weighted by atomic mass is 9.93. The molecule has 3 unspecified atom stereocenters. The molecule has 0 radical (unpaired) electrons. The Labute approximate surface area is 312 Å². The molecule has 3 amide bonds. The molecule has 5 heterocycles. The van der Waals surface area contributed by atoms with Gasteiger partial charge in [-0.3, -0.25) is 19.7 Å². The zero-order chi connectivity index (χ0) is 37.8. The molecule has 14 nitrogen and oxygen atoms in total. The number of piperidine rings is 1. The van der Waals surface area contributed by atoms with Crippen molar-refractivity contribution in [3.05, 3.63) is 77.9 Å². The number of aromatic hydroxyl groups is 1. The summed E-state index contributed by atoms with van der Waals surface area (Å²) in [6.07, 6.45) is 5.69. The number of imide groups is 1. The van der Waals surface area contributed by atoms with Gasteiger partial charge in [0, 0.05) is 74.1 Å². The Bertz CT molecular complexity index is 2000. The van der Waals surface area contributed by atoms with Crippen molar-refractivity contribution in [2.45, 2.75) is 76.0 Å². The smallest absolute Gasteiger partial charge is 0.227 e. The van der Waals surface area contributed by atoms with Crippen molar-refractivity contribution in [2.24, 2.45) is 0 Å². The van der Waals surface area contributed by atoms with Crippen LogP contribution >= 0.6 is 0 Å². The maximum Gasteiger partial charge on any atom is 0.227 e. The largest absolute Gasteiger partial charge is 0.507 e. The van der Waals surface area contributed by atoms with E-state index in [4.69, 9.17) is 20.4 Å². The number of phenols is 1. The summed E-state index contributed by atoms with van der Waals surface area (Å²) in [4.78, 5) is 51.3. The van der Waals surface area contributed by atoms with Crippen molar-refractivity contribution in [3.8, 4) is 22.8 Å². The number of halogens is 1. The predicted molar refractivity (Wildman–Crippen MR) is 199 cm³/mol. The first kappa shape index (κ1) is 36.5. The van der Waals surface area contributed by atoms with E-state index in [1.807, 2.05) is 24.4 Å². The third-order valence-corrected chi connectivity index (χ3v) is 10.7. The number of ether oxygens (including phenoxy) is 1. The summed E-state index contributed by atoms with van der Waals surface area (Å²) in [6.45, 7) is 4.30. The van der Waals surface area contributed by atoms with E-state index >= 15 is 4.39 Å². The Hall–Kier alpha value is -5.86. The number of piperazine rings is 1. The van der Waals surface area contributed by atoms with Gasteiger partial charge in [-0.05, 0) is 74.9 Å². The molecule has 4 N–H and O–H groups in total. The van der Waals surface area contributed by atoms with Crippen LogP contribution in [-0.2, 0) is 20.8 Å². The second-order valence-corrected chi connectivity index (χ2v) is 14.2. The average Bonchev–Trinajstić information content (AvgIpc) is 3.44. The molecule has 3 fully saturated rings. The number of hydrogen-bond donors (Lipinski definition) is 3. The Balaban J connectivity index is 0.933. The van der Waals surface area contributed by atoms with E-state index in [-0.39, 0.29) is 48.6 Å². The average molecular weight is 738 g/mol. The summed E-state index contributed by atoms with van der Waals surface area (Å²) in [5, 5.41) is 20.9. The molecule has 3 atom stereocenters. The van der Waals surface area contributed by atoms with Gasteiger partial charge in [-0.1, -0.05) is 18.2 Å². The summed E-state index contributed by atoms with van der Waals surface area (Å²) in [5.74, 6) is 0.617. The zero-order valence-electron chi connectivity index (χ0n) is 30.1. The van der Waals surface area contributed by atoms with E-state index in [0.717, 1.165) is 56.1 Å². The van der Waals surface area contributed by atoms with Gasteiger partial charge in [0.2, 0.25) is 24.2 Å². The first-order chi connectivity index (χ1) is 26.2. The van der Waals surface area contributed by atoms with E-state index in [9.17, 15) is 19.5 Å². The Morgan fingerprint density at radius 3 is 2.54 bits per heavy atom. The summed E-state index contributed by atoms with van der Waals surface area (Å²) in [5.41, 5.74) is 9.55. The standard InChI is InChI=1S/C39H44FN9O5/c1-24(6-11-36(52)43-23-50)54-29-10-7-26(31(40)19-29)18-37(53)47-16-13-25(14-17-47)32-12-15-42-39(44-32)49-27-8-9-28(49)22-48(21-27)34-20-33(45-46-38(34)41)30-4-2-3-5-35(30)51/h2-5,7,10,12,15,19-20,23-25,27-28,51H,6,8-9,11,13-14,16-18,21-22H2,1H3,(H2,41,46)(H,43,50,52). The van der Waals surface area contributed by atoms with E-state index in [2.05, 4.69) is 25.3 Å². The van der Waals surface area contributed by atoms with Crippen LogP contribution in [0.3, 0.4) is 0 Å². The van der Waals surface area contributed by atoms with Crippen molar-refractivity contribution in [1.29, 1.82) is 0 Å². The summed E-state index contributed by atoms with van der Waals surface area (Å²) in [7, 11) is 0. The number of benzene rings is 2. The van der Waals surface area contributed by atoms with Gasteiger partial charge in [0.15, 0.2) is 5.82 Å². The number of anilines is 3. The quantitative estimate of drug-likeness (QED) is 0.178. The number of likely N-dealkylation sites (tertiary alicyclic amines) is 1. The summed E-state index contributed by atoms with van der Waals surface area (Å²) >= 11 is 0. The minimum absolute atomic E-state index is 0.0537. The highest BCUT2D eigenvalue weighted by atomic mass is 19.1. The number of hydrogen-bond acceptors (Lipinski definition) is 12. The van der Waals surface area contributed by atoms with Crippen LogP contribution in [0.1, 0.15) is 62.6 Å². The number of nitrogens with one attached hydrogen (secondary N) is 1. The molecule has 0 saturated carbocycles. The molecule has 3 aliphatic rings. The molecule has 2 aromatic heterocycles. The summed E-state index contributed by atoms with van der Waals surface area (Å²) < 4.78 is 20.7. The maximum absolute atomic E-state index is 15.0. The molecular weight excluding hydrogens is 693 g/mol. The van der Waals surface area contributed by atoms with Crippen LogP contribution in [0.25, 0.3) is 11.3 Å². The molecule has 0 aliphatic carbocycles. The van der Waals surface area contributed by atoms with E-state index in [0.29, 0.717) is 54.3 Å². The lowest BCUT2D eigenvalue weighted by Crippen LogP contribution is -2.54. The van der Waals surface area contributed by atoms with Crippen LogP contribution in [-0.4, -0.2) is 92.8 Å². The molecule has 3 saturated heterocycles. The molecular formula is C39H44FN9O5. The van der Waals surface area contributed by atoms with Crippen molar-refractivity contribution in [1.82, 2.24) is 30.4 Å². The highest BCUT2D eigenvalue weighted by Crippen LogP contribution is 2.38. The van der Waals surface area contributed by atoms with Crippen LogP contribution in [0.4, 0.5) is 21.8 Å². The minimum atomic E-state index is -0.525. The van der Waals surface area contributed by atoms with E-state index < -0.39 is 11.7 Å². The van der Waals surface area contributed by atoms with Crippen LogP contribution < -0.4 is 25.6 Å². The Morgan fingerprint density at radius 2 is 1.81 bits per heavy atom. The van der Waals surface area contributed by atoms with Crippen LogP contribution in [0.15, 0.2) is 60.8 Å². The number of para-hydroxylation sites is 1. The number of aromatic nitrogens is 4. The second-order valence-electron chi connectivity index (χ2n) is 14.2. The summed E-state index contributed by atoms with van der Waals surface area (Å²) in [6, 6.07) is 15.7. The van der Waals surface area contributed by atoms with E-state index in [1.165, 1.54) is 6.07 Å². The minimum Gasteiger partial charge on any atom is -0.507 e. The number of rotatable bonds is 12. The molecule has 15 heteroatoms. The number of nitrogens with two attached hydrogens (primary N) is 1. The first-order valence-electron chi connectivity index (χ1n) is 18.4. The number of phenolic OH excluding ortho intramolecular Hbond substituents is 1. The van der Waals surface area contributed by atoms with Crippen LogP contribution in [0, 0.1) is 5.82 Å². The monoisotopic (exact) mass is 737 g/mol. The highest BCUT2D eigenvalue weighted by molar-refractivity contribution is 5.85. The lowest BCUT2D eigenvalue weighted by Gasteiger charge is -2.42. The molecule has 54 heavy (non-hydrogen) atoms. The van der Waals surface area contributed by atoms with Gasteiger partial charge in [0.25, 0.3) is 0 Å². The van der Waals surface area contributed by atoms with Crippen molar-refractivity contribution in [2.75, 3.05) is 41.7 Å². The normalized spacial score (nSPS) is 19.0. The second kappa shape index (κ2) is 16.0. The third-order valence-electron chi connectivity index (χ3n) is 10.7.